The zero-order valence-electron chi connectivity index (χ0n) is 13.2. The van der Waals surface area contributed by atoms with Crippen molar-refractivity contribution in [2.24, 2.45) is 0 Å². The lowest BCUT2D eigenvalue weighted by atomic mass is 10.1. The topological polar surface area (TPSA) is 65.8 Å². The second-order valence-corrected chi connectivity index (χ2v) is 8.18. The maximum absolute atomic E-state index is 12.6. The van der Waals surface area contributed by atoms with E-state index >= 15 is 0 Å². The molecule has 0 aliphatic carbocycles. The van der Waals surface area contributed by atoms with Crippen molar-refractivity contribution in [3.63, 3.8) is 0 Å². The van der Waals surface area contributed by atoms with Gasteiger partial charge >= 0.3 is 0 Å². The highest BCUT2D eigenvalue weighted by atomic mass is 32.2. The van der Waals surface area contributed by atoms with E-state index in [9.17, 15) is 8.42 Å². The van der Waals surface area contributed by atoms with Crippen LogP contribution in [0.25, 0.3) is 0 Å². The molecule has 7 heteroatoms. The molecule has 0 bridgehead atoms. The summed E-state index contributed by atoms with van der Waals surface area (Å²) in [5.41, 5.74) is 0.0699. The molecule has 0 atom stereocenters. The minimum atomic E-state index is -3.52. The van der Waals surface area contributed by atoms with Gasteiger partial charge in [0.25, 0.3) is 10.0 Å². The monoisotopic (exact) mass is 315 g/mol. The van der Waals surface area contributed by atoms with Gasteiger partial charge < -0.3 is 9.73 Å². The Kier molecular flexibility index (Phi) is 4.77. The van der Waals surface area contributed by atoms with Crippen molar-refractivity contribution in [3.8, 4) is 0 Å². The molecule has 2 heterocycles. The summed E-state index contributed by atoms with van der Waals surface area (Å²) in [6.07, 6.45) is 0. The van der Waals surface area contributed by atoms with Gasteiger partial charge in [0.1, 0.15) is 5.76 Å². The van der Waals surface area contributed by atoms with Crippen molar-refractivity contribution >= 4 is 10.0 Å². The minimum absolute atomic E-state index is 0.0389. The summed E-state index contributed by atoms with van der Waals surface area (Å²) in [5, 5.41) is 2.98. The normalized spacial score (nSPS) is 19.0. The number of hydrogen-bond acceptors (Lipinski definition) is 5. The van der Waals surface area contributed by atoms with Crippen molar-refractivity contribution in [2.75, 3.05) is 33.2 Å². The Bertz CT molecular complexity index is 567. The first kappa shape index (κ1) is 16.5. The lowest BCUT2D eigenvalue weighted by molar-refractivity contribution is 0.0916. The van der Waals surface area contributed by atoms with E-state index in [4.69, 9.17) is 4.42 Å². The van der Waals surface area contributed by atoms with E-state index in [-0.39, 0.29) is 10.6 Å². The van der Waals surface area contributed by atoms with E-state index < -0.39 is 10.0 Å². The van der Waals surface area contributed by atoms with Crippen molar-refractivity contribution < 1.29 is 12.8 Å². The van der Waals surface area contributed by atoms with Crippen LogP contribution >= 0.6 is 0 Å². The van der Waals surface area contributed by atoms with Gasteiger partial charge in [-0.3, -0.25) is 4.90 Å². The van der Waals surface area contributed by atoms with Gasteiger partial charge in [0, 0.05) is 31.7 Å². The molecule has 0 amide bonds. The molecule has 6 nitrogen and oxygen atoms in total. The molecule has 0 radical (unpaired) electrons. The Labute approximate surface area is 127 Å². The van der Waals surface area contributed by atoms with E-state index in [0.29, 0.717) is 25.4 Å². The third-order valence-electron chi connectivity index (χ3n) is 3.77. The zero-order chi connectivity index (χ0) is 15.7. The third kappa shape index (κ3) is 3.66. The number of nitrogens with one attached hydrogen (secondary N) is 1. The Morgan fingerprint density at radius 3 is 2.33 bits per heavy atom. The standard InChI is InChI=1S/C14H25N3O3S/c1-14(2,3)16-7-9-17(10-8-16)21(18,19)13-6-5-12(20-13)11-15-4/h5-6,15H,7-11H2,1-4H3. The molecule has 1 aromatic rings. The van der Waals surface area contributed by atoms with E-state index in [1.807, 2.05) is 0 Å². The summed E-state index contributed by atoms with van der Waals surface area (Å²) in [4.78, 5) is 2.30. The largest absolute Gasteiger partial charge is 0.447 e. The van der Waals surface area contributed by atoms with Crippen LogP contribution in [0.3, 0.4) is 0 Å². The number of piperazine rings is 1. The number of furan rings is 1. The zero-order valence-corrected chi connectivity index (χ0v) is 14.0. The molecule has 1 fully saturated rings. The van der Waals surface area contributed by atoms with Crippen LogP contribution in [0.1, 0.15) is 26.5 Å². The SMILES string of the molecule is CNCc1ccc(S(=O)(=O)N2CCN(C(C)(C)C)CC2)o1. The molecule has 1 saturated heterocycles. The van der Waals surface area contributed by atoms with Gasteiger partial charge in [0.05, 0.1) is 6.54 Å². The second kappa shape index (κ2) is 6.08. The summed E-state index contributed by atoms with van der Waals surface area (Å²) in [7, 11) is -1.72. The molecule has 120 valence electrons. The second-order valence-electron chi connectivity index (χ2n) is 6.31. The highest BCUT2D eigenvalue weighted by molar-refractivity contribution is 7.89. The van der Waals surface area contributed by atoms with Crippen LogP contribution < -0.4 is 5.32 Å². The molecular formula is C14H25N3O3S. The van der Waals surface area contributed by atoms with Crippen LogP contribution in [0.4, 0.5) is 0 Å². The van der Waals surface area contributed by atoms with Gasteiger partial charge in [-0.25, -0.2) is 8.42 Å². The number of rotatable bonds is 4. The molecule has 0 unspecified atom stereocenters. The van der Waals surface area contributed by atoms with Crippen LogP contribution in [0, 0.1) is 0 Å². The maximum atomic E-state index is 12.6. The maximum Gasteiger partial charge on any atom is 0.276 e. The molecule has 1 aromatic heterocycles. The van der Waals surface area contributed by atoms with Crippen LogP contribution in [-0.4, -0.2) is 56.4 Å². The van der Waals surface area contributed by atoms with Crippen LogP contribution in [0.15, 0.2) is 21.6 Å². The Hall–Kier alpha value is -0.890. The molecule has 0 spiro atoms. The first-order chi connectivity index (χ1) is 9.75. The highest BCUT2D eigenvalue weighted by Crippen LogP contribution is 2.22. The summed E-state index contributed by atoms with van der Waals surface area (Å²) in [6.45, 7) is 9.45. The number of sulfonamides is 1. The van der Waals surface area contributed by atoms with E-state index in [1.54, 1.807) is 13.1 Å². The average molecular weight is 315 g/mol. The van der Waals surface area contributed by atoms with Gasteiger partial charge in [-0.05, 0) is 40.0 Å². The molecule has 1 N–H and O–H groups in total. The number of hydrogen-bond donors (Lipinski definition) is 1. The lowest BCUT2D eigenvalue weighted by Gasteiger charge is -2.41. The van der Waals surface area contributed by atoms with Crippen molar-refractivity contribution in [1.29, 1.82) is 0 Å². The summed E-state index contributed by atoms with van der Waals surface area (Å²) in [6, 6.07) is 3.24. The predicted molar refractivity (Wildman–Crippen MR) is 81.6 cm³/mol. The third-order valence-corrected chi connectivity index (χ3v) is 5.54. The Morgan fingerprint density at radius 1 is 1.19 bits per heavy atom. The quantitative estimate of drug-likeness (QED) is 0.901. The first-order valence-corrected chi connectivity index (χ1v) is 8.67. The smallest absolute Gasteiger partial charge is 0.276 e. The van der Waals surface area contributed by atoms with Gasteiger partial charge in [-0.1, -0.05) is 0 Å². The van der Waals surface area contributed by atoms with Crippen LogP contribution in [0.2, 0.25) is 0 Å². The van der Waals surface area contributed by atoms with E-state index in [0.717, 1.165) is 13.1 Å². The molecule has 0 saturated carbocycles. The lowest BCUT2D eigenvalue weighted by Crippen LogP contribution is -2.54. The van der Waals surface area contributed by atoms with Gasteiger partial charge in [-0.15, -0.1) is 0 Å². The summed E-state index contributed by atoms with van der Waals surface area (Å²) >= 11 is 0. The fourth-order valence-corrected chi connectivity index (χ4v) is 3.84. The molecule has 1 aliphatic heterocycles. The first-order valence-electron chi connectivity index (χ1n) is 7.23. The van der Waals surface area contributed by atoms with Crippen molar-refractivity contribution in [3.05, 3.63) is 17.9 Å². The van der Waals surface area contributed by atoms with Crippen LogP contribution in [-0.2, 0) is 16.6 Å². The minimum Gasteiger partial charge on any atom is -0.447 e. The molecule has 0 aromatic carbocycles. The predicted octanol–water partition coefficient (Wildman–Crippen LogP) is 1.10. The van der Waals surface area contributed by atoms with E-state index in [2.05, 4.69) is 31.0 Å². The number of nitrogens with zero attached hydrogens (tertiary/aromatic N) is 2. The fraction of sp³-hybridized carbons (Fsp3) is 0.714. The molecule has 2 rings (SSSR count). The molecule has 1 aliphatic rings. The molecular weight excluding hydrogens is 290 g/mol. The van der Waals surface area contributed by atoms with E-state index in [1.165, 1.54) is 10.4 Å². The molecule has 21 heavy (non-hydrogen) atoms. The Morgan fingerprint density at radius 2 is 1.81 bits per heavy atom. The Balaban J connectivity index is 2.07. The average Bonchev–Trinajstić information content (AvgIpc) is 2.88. The van der Waals surface area contributed by atoms with Gasteiger partial charge in [-0.2, -0.15) is 4.31 Å². The fourth-order valence-electron chi connectivity index (χ4n) is 2.49. The van der Waals surface area contributed by atoms with Crippen molar-refractivity contribution in [1.82, 2.24) is 14.5 Å². The highest BCUT2D eigenvalue weighted by Gasteiger charge is 2.33. The van der Waals surface area contributed by atoms with Crippen LogP contribution in [0.5, 0.6) is 0 Å². The summed E-state index contributed by atoms with van der Waals surface area (Å²) in [5.74, 6) is 0.629. The summed E-state index contributed by atoms with van der Waals surface area (Å²) < 4.78 is 32.1. The van der Waals surface area contributed by atoms with Crippen molar-refractivity contribution in [2.45, 2.75) is 37.9 Å². The van der Waals surface area contributed by atoms with Gasteiger partial charge in [0.2, 0.25) is 5.09 Å². The van der Waals surface area contributed by atoms with Gasteiger partial charge in [0.15, 0.2) is 0 Å².